The van der Waals surface area contributed by atoms with Gasteiger partial charge in [-0.2, -0.15) is 0 Å². The number of carbonyl (C=O) groups is 3. The van der Waals surface area contributed by atoms with Crippen LogP contribution in [0.15, 0.2) is 63.8 Å². The number of benzene rings is 2. The van der Waals surface area contributed by atoms with E-state index in [1.165, 1.54) is 6.07 Å². The Balaban J connectivity index is 1.60. The zero-order valence-electron chi connectivity index (χ0n) is 16.2. The Kier molecular flexibility index (Phi) is 5.76. The molecule has 158 valence electrons. The second-order valence-electron chi connectivity index (χ2n) is 6.65. The lowest BCUT2D eigenvalue weighted by Gasteiger charge is -2.15. The predicted octanol–water partition coefficient (Wildman–Crippen LogP) is 2.57. The van der Waals surface area contributed by atoms with Crippen LogP contribution >= 0.6 is 0 Å². The van der Waals surface area contributed by atoms with Crippen molar-refractivity contribution < 1.29 is 33.1 Å². The van der Waals surface area contributed by atoms with Crippen LogP contribution in [0.2, 0.25) is 0 Å². The van der Waals surface area contributed by atoms with Gasteiger partial charge in [-0.15, -0.1) is 5.06 Å². The van der Waals surface area contributed by atoms with E-state index in [0.29, 0.717) is 10.4 Å². The Morgan fingerprint density at radius 1 is 0.935 bits per heavy atom. The fourth-order valence-corrected chi connectivity index (χ4v) is 3.07. The van der Waals surface area contributed by atoms with Gasteiger partial charge in [-0.3, -0.25) is 9.59 Å². The van der Waals surface area contributed by atoms with Crippen molar-refractivity contribution in [1.29, 1.82) is 0 Å². The Labute approximate surface area is 175 Å². The van der Waals surface area contributed by atoms with Crippen molar-refractivity contribution in [3.63, 3.8) is 0 Å². The molecular weight excluding hydrogens is 406 g/mol. The summed E-state index contributed by atoms with van der Waals surface area (Å²) in [6.07, 6.45) is -0.149. The molecule has 1 saturated heterocycles. The molecule has 0 aliphatic carbocycles. The molecule has 0 saturated carbocycles. The molecule has 1 fully saturated rings. The Morgan fingerprint density at radius 3 is 2.35 bits per heavy atom. The molecular formula is C22H17NO8. The second kappa shape index (κ2) is 8.80. The lowest BCUT2D eigenvalue weighted by Crippen LogP contribution is -2.33. The molecule has 2 heterocycles. The van der Waals surface area contributed by atoms with Crippen molar-refractivity contribution in [3.8, 4) is 5.75 Å². The maximum absolute atomic E-state index is 12.7. The van der Waals surface area contributed by atoms with Gasteiger partial charge < -0.3 is 18.7 Å². The molecule has 31 heavy (non-hydrogen) atoms. The fraction of sp³-hybridized carbons (Fsp3) is 0.182. The summed E-state index contributed by atoms with van der Waals surface area (Å²) in [6.45, 7) is -0.0268. The molecule has 9 nitrogen and oxygen atoms in total. The number of ether oxygens (including phenoxy) is 2. The fourth-order valence-electron chi connectivity index (χ4n) is 3.07. The van der Waals surface area contributed by atoms with Gasteiger partial charge in [-0.05, 0) is 17.7 Å². The van der Waals surface area contributed by atoms with Crippen LogP contribution in [0.5, 0.6) is 5.75 Å². The first-order valence-corrected chi connectivity index (χ1v) is 9.43. The third-order valence-electron chi connectivity index (χ3n) is 4.55. The highest BCUT2D eigenvalue weighted by atomic mass is 16.7. The Morgan fingerprint density at radius 2 is 1.61 bits per heavy atom. The summed E-state index contributed by atoms with van der Waals surface area (Å²) in [5.41, 5.74) is -0.500. The summed E-state index contributed by atoms with van der Waals surface area (Å²) in [5, 5.41) is 0.684. The normalized spacial score (nSPS) is 13.6. The number of carbonyl (C=O) groups excluding carboxylic acids is 3. The molecule has 0 N–H and O–H groups in total. The molecule has 0 bridgehead atoms. The van der Waals surface area contributed by atoms with Crippen LogP contribution in [0.3, 0.4) is 0 Å². The molecule has 4 rings (SSSR count). The maximum atomic E-state index is 12.7. The summed E-state index contributed by atoms with van der Waals surface area (Å²) in [7, 11) is 0. The second-order valence-corrected chi connectivity index (χ2v) is 6.65. The van der Waals surface area contributed by atoms with E-state index in [2.05, 4.69) is 0 Å². The lowest BCUT2D eigenvalue weighted by molar-refractivity contribution is -0.172. The molecule has 3 aromatic rings. The third-order valence-corrected chi connectivity index (χ3v) is 4.55. The quantitative estimate of drug-likeness (QED) is 0.247. The van der Waals surface area contributed by atoms with E-state index in [-0.39, 0.29) is 37.6 Å². The van der Waals surface area contributed by atoms with E-state index in [9.17, 15) is 19.2 Å². The van der Waals surface area contributed by atoms with Gasteiger partial charge in [0, 0.05) is 12.8 Å². The van der Waals surface area contributed by atoms with E-state index < -0.39 is 29.0 Å². The van der Waals surface area contributed by atoms with Crippen LogP contribution < -0.4 is 10.4 Å². The van der Waals surface area contributed by atoms with Gasteiger partial charge in [0.25, 0.3) is 11.8 Å². The third kappa shape index (κ3) is 4.31. The molecule has 2 aromatic carbocycles. The minimum Gasteiger partial charge on any atom is -0.466 e. The first kappa shape index (κ1) is 20.3. The summed E-state index contributed by atoms with van der Waals surface area (Å²) < 4.78 is 16.3. The molecule has 0 spiro atoms. The smallest absolute Gasteiger partial charge is 0.375 e. The number of hydroxylamine groups is 2. The van der Waals surface area contributed by atoms with Crippen molar-refractivity contribution in [2.75, 3.05) is 6.79 Å². The molecule has 1 aromatic heterocycles. The van der Waals surface area contributed by atoms with Crippen molar-refractivity contribution in [2.45, 2.75) is 19.4 Å². The highest BCUT2D eigenvalue weighted by Gasteiger charge is 2.35. The predicted molar refractivity (Wildman–Crippen MR) is 106 cm³/mol. The molecule has 0 radical (unpaired) electrons. The molecule has 0 atom stereocenters. The molecule has 9 heteroatoms. The topological polar surface area (TPSA) is 112 Å². The number of hydrogen-bond acceptors (Lipinski definition) is 8. The molecule has 1 aliphatic rings. The number of para-hydroxylation sites is 1. The van der Waals surface area contributed by atoms with Crippen LogP contribution in [0.25, 0.3) is 11.0 Å². The largest absolute Gasteiger partial charge is 0.466 e. The van der Waals surface area contributed by atoms with E-state index in [1.54, 1.807) is 18.2 Å². The lowest BCUT2D eigenvalue weighted by atomic mass is 10.1. The van der Waals surface area contributed by atoms with Crippen molar-refractivity contribution >= 4 is 28.8 Å². The summed E-state index contributed by atoms with van der Waals surface area (Å²) in [5.74, 6) is -2.69. The number of fused-ring (bicyclic) bond motifs is 1. The van der Waals surface area contributed by atoms with Crippen molar-refractivity contribution in [1.82, 2.24) is 5.06 Å². The minimum absolute atomic E-state index is 0.0743. The Bertz CT molecular complexity index is 1190. The van der Waals surface area contributed by atoms with Gasteiger partial charge in [0.05, 0.1) is 12.0 Å². The first-order valence-electron chi connectivity index (χ1n) is 9.43. The van der Waals surface area contributed by atoms with E-state index in [0.717, 1.165) is 5.56 Å². The van der Waals surface area contributed by atoms with Gasteiger partial charge in [0.1, 0.15) is 5.58 Å². The number of imide groups is 1. The van der Waals surface area contributed by atoms with E-state index in [1.807, 2.05) is 30.3 Å². The highest BCUT2D eigenvalue weighted by Crippen LogP contribution is 2.29. The number of nitrogens with zero attached hydrogens (tertiary/aromatic N) is 1. The maximum Gasteiger partial charge on any atom is 0.375 e. The Hall–Kier alpha value is -3.98. The van der Waals surface area contributed by atoms with Crippen LogP contribution in [0, 0.1) is 0 Å². The van der Waals surface area contributed by atoms with E-state index in [4.69, 9.17) is 18.7 Å². The average molecular weight is 423 g/mol. The monoisotopic (exact) mass is 423 g/mol. The van der Waals surface area contributed by atoms with Gasteiger partial charge in [0.15, 0.2) is 18.1 Å². The first-order chi connectivity index (χ1) is 15.0. The summed E-state index contributed by atoms with van der Waals surface area (Å²) in [6, 6.07) is 15.8. The summed E-state index contributed by atoms with van der Waals surface area (Å²) in [4.78, 5) is 53.6. The van der Waals surface area contributed by atoms with Gasteiger partial charge in [-0.25, -0.2) is 9.59 Å². The average Bonchev–Trinajstić information content (AvgIpc) is 3.09. The minimum atomic E-state index is -1.24. The standard InChI is InChI=1S/C22H17NO8/c24-17-10-11-18(25)23(17)31-22(27)19-20(15-8-4-5-9-16(15)30-21(19)26)29-13-28-12-14-6-2-1-3-7-14/h1-9H,10-13H2. The van der Waals surface area contributed by atoms with Crippen LogP contribution in [-0.2, 0) is 25.8 Å². The van der Waals surface area contributed by atoms with Crippen molar-refractivity contribution in [3.05, 3.63) is 76.1 Å². The van der Waals surface area contributed by atoms with Crippen molar-refractivity contribution in [2.24, 2.45) is 0 Å². The summed E-state index contributed by atoms with van der Waals surface area (Å²) >= 11 is 0. The zero-order chi connectivity index (χ0) is 21.8. The number of hydrogen-bond donors (Lipinski definition) is 0. The van der Waals surface area contributed by atoms with Gasteiger partial charge in [-0.1, -0.05) is 42.5 Å². The molecule has 0 unspecified atom stereocenters. The number of amides is 2. The van der Waals surface area contributed by atoms with Gasteiger partial charge in [0.2, 0.25) is 0 Å². The van der Waals surface area contributed by atoms with Crippen LogP contribution in [0.1, 0.15) is 28.8 Å². The number of rotatable bonds is 7. The molecule has 2 amide bonds. The molecule has 1 aliphatic heterocycles. The highest BCUT2D eigenvalue weighted by molar-refractivity contribution is 6.04. The van der Waals surface area contributed by atoms with E-state index >= 15 is 0 Å². The van der Waals surface area contributed by atoms with Crippen LogP contribution in [-0.4, -0.2) is 29.6 Å². The zero-order valence-corrected chi connectivity index (χ0v) is 16.2. The SMILES string of the molecule is O=C(ON1C(=O)CCC1=O)c1c(OCOCc2ccccc2)c2ccccc2oc1=O. The van der Waals surface area contributed by atoms with Crippen LogP contribution in [0.4, 0.5) is 0 Å². The van der Waals surface area contributed by atoms with Gasteiger partial charge >= 0.3 is 11.6 Å².